The lowest BCUT2D eigenvalue weighted by molar-refractivity contribution is -0.152. The smallest absolute Gasteiger partial charge is 0.377 e. The molecule has 3 rings (SSSR count). The Morgan fingerprint density at radius 2 is 1.32 bits per heavy atom. The molecule has 0 unspecified atom stereocenters. The average Bonchev–Trinajstić information content (AvgIpc) is 3.00. The molecule has 2 aromatic rings. The van der Waals surface area contributed by atoms with Crippen LogP contribution in [-0.2, 0) is 9.53 Å². The first-order chi connectivity index (χ1) is 13.3. The van der Waals surface area contributed by atoms with E-state index in [0.717, 1.165) is 0 Å². The molecule has 8 nitrogen and oxygen atoms in total. The highest BCUT2D eigenvalue weighted by molar-refractivity contribution is 6.23. The van der Waals surface area contributed by atoms with Gasteiger partial charge in [0, 0.05) is 11.1 Å². The van der Waals surface area contributed by atoms with Crippen molar-refractivity contribution in [2.45, 2.75) is 17.8 Å². The molecule has 0 aromatic heterocycles. The van der Waals surface area contributed by atoms with Gasteiger partial charge >= 0.3 is 5.97 Å². The third-order valence-electron chi connectivity index (χ3n) is 4.42. The van der Waals surface area contributed by atoms with Crippen molar-refractivity contribution in [3.8, 4) is 0 Å². The highest BCUT2D eigenvalue weighted by Gasteiger charge is 2.57. The number of ether oxygens (including phenoxy) is 1. The molecule has 0 saturated carbocycles. The van der Waals surface area contributed by atoms with E-state index < -0.39 is 46.9 Å². The molecule has 144 valence electrons. The van der Waals surface area contributed by atoms with Gasteiger partial charge in [0.1, 0.15) is 6.10 Å². The van der Waals surface area contributed by atoms with Gasteiger partial charge in [-0.2, -0.15) is 0 Å². The van der Waals surface area contributed by atoms with E-state index in [1.807, 2.05) is 0 Å². The number of aliphatic hydroxyl groups is 4. The summed E-state index contributed by atoms with van der Waals surface area (Å²) in [6.07, 6.45) is -4.39. The average molecular weight is 384 g/mol. The van der Waals surface area contributed by atoms with Crippen molar-refractivity contribution in [2.24, 2.45) is 0 Å². The number of ketones is 2. The summed E-state index contributed by atoms with van der Waals surface area (Å²) in [6, 6.07) is 14.5. The summed E-state index contributed by atoms with van der Waals surface area (Å²) in [5.41, 5.74) is -3.29. The quantitative estimate of drug-likeness (QED) is 0.330. The lowest BCUT2D eigenvalue weighted by Crippen LogP contribution is -2.60. The lowest BCUT2D eigenvalue weighted by Gasteiger charge is -2.32. The zero-order valence-corrected chi connectivity index (χ0v) is 14.4. The molecule has 0 fully saturated rings. The second-order valence-electron chi connectivity index (χ2n) is 6.16. The van der Waals surface area contributed by atoms with Crippen molar-refractivity contribution in [3.63, 3.8) is 0 Å². The van der Waals surface area contributed by atoms with E-state index >= 15 is 0 Å². The summed E-state index contributed by atoms with van der Waals surface area (Å²) in [6.45, 7) is 0. The van der Waals surface area contributed by atoms with Crippen molar-refractivity contribution < 1.29 is 39.5 Å². The SMILES string of the molecule is O=C1O[C@H]([C@@H](O)C(O)(C(=O)c2ccccc2)C(=O)c2ccccc2)C(O)=C1O. The van der Waals surface area contributed by atoms with Gasteiger partial charge in [-0.05, 0) is 0 Å². The number of cyclic esters (lactones) is 1. The molecule has 4 N–H and O–H groups in total. The lowest BCUT2D eigenvalue weighted by atomic mass is 9.79. The maximum Gasteiger partial charge on any atom is 0.377 e. The molecular weight excluding hydrogens is 368 g/mol. The summed E-state index contributed by atoms with van der Waals surface area (Å²) >= 11 is 0. The summed E-state index contributed by atoms with van der Waals surface area (Å²) < 4.78 is 4.64. The predicted octanol–water partition coefficient (Wildman–Crippen LogP) is 1.10. The van der Waals surface area contributed by atoms with Gasteiger partial charge in [-0.25, -0.2) is 4.79 Å². The first-order valence-corrected chi connectivity index (χ1v) is 8.21. The number of benzene rings is 2. The molecule has 0 spiro atoms. The van der Waals surface area contributed by atoms with E-state index in [1.165, 1.54) is 48.5 Å². The van der Waals surface area contributed by atoms with E-state index in [1.54, 1.807) is 12.1 Å². The normalized spacial score (nSPS) is 17.9. The predicted molar refractivity (Wildman–Crippen MR) is 94.7 cm³/mol. The Morgan fingerprint density at radius 1 is 0.893 bits per heavy atom. The van der Waals surface area contributed by atoms with Gasteiger partial charge in [-0.3, -0.25) is 9.59 Å². The summed E-state index contributed by atoms with van der Waals surface area (Å²) in [4.78, 5) is 37.5. The summed E-state index contributed by atoms with van der Waals surface area (Å²) in [7, 11) is 0. The van der Waals surface area contributed by atoms with Crippen LogP contribution in [0.25, 0.3) is 0 Å². The molecule has 0 amide bonds. The maximum atomic E-state index is 13.0. The molecule has 28 heavy (non-hydrogen) atoms. The fourth-order valence-electron chi connectivity index (χ4n) is 2.89. The molecule has 0 aliphatic carbocycles. The summed E-state index contributed by atoms with van der Waals surface area (Å²) in [5.74, 6) is -5.94. The van der Waals surface area contributed by atoms with Crippen LogP contribution in [-0.4, -0.2) is 55.8 Å². The minimum atomic E-state index is -3.10. The first kappa shape index (κ1) is 19.3. The van der Waals surface area contributed by atoms with Crippen LogP contribution in [0.4, 0.5) is 0 Å². The van der Waals surface area contributed by atoms with E-state index in [0.29, 0.717) is 0 Å². The molecule has 8 heteroatoms. The Kier molecular flexibility index (Phi) is 5.00. The van der Waals surface area contributed by atoms with Gasteiger partial charge in [0.15, 0.2) is 11.9 Å². The van der Waals surface area contributed by atoms with Crippen LogP contribution in [0.15, 0.2) is 72.2 Å². The van der Waals surface area contributed by atoms with Crippen molar-refractivity contribution in [1.82, 2.24) is 0 Å². The van der Waals surface area contributed by atoms with Gasteiger partial charge in [0.05, 0.1) is 0 Å². The minimum absolute atomic E-state index is 0.0923. The molecule has 1 aliphatic heterocycles. The van der Waals surface area contributed by atoms with Crippen molar-refractivity contribution >= 4 is 17.5 Å². The highest BCUT2D eigenvalue weighted by Crippen LogP contribution is 2.31. The number of esters is 1. The van der Waals surface area contributed by atoms with E-state index in [-0.39, 0.29) is 11.1 Å². The third-order valence-corrected chi connectivity index (χ3v) is 4.42. The van der Waals surface area contributed by atoms with Crippen LogP contribution < -0.4 is 0 Å². The zero-order valence-electron chi connectivity index (χ0n) is 14.4. The van der Waals surface area contributed by atoms with Gasteiger partial charge in [-0.15, -0.1) is 0 Å². The molecule has 0 bridgehead atoms. The van der Waals surface area contributed by atoms with E-state index in [4.69, 9.17) is 0 Å². The Bertz CT molecular complexity index is 897. The molecule has 1 heterocycles. The van der Waals surface area contributed by atoms with Crippen LogP contribution in [0, 0.1) is 0 Å². The molecule has 2 aromatic carbocycles. The monoisotopic (exact) mass is 384 g/mol. The number of hydrogen-bond acceptors (Lipinski definition) is 8. The fraction of sp³-hybridized carbons (Fsp3) is 0.150. The fourth-order valence-corrected chi connectivity index (χ4v) is 2.89. The summed E-state index contributed by atoms with van der Waals surface area (Å²) in [5, 5.41) is 41.1. The number of carbonyl (C=O) groups excluding carboxylic acids is 3. The largest absolute Gasteiger partial charge is 0.505 e. The second kappa shape index (κ2) is 7.26. The standard InChI is InChI=1S/C20H16O8/c21-13-14(22)19(26)28-15(13)18(25)20(27,16(23)11-7-3-1-4-8-11)17(24)12-9-5-2-6-10-12/h1-10,15,18,21-22,25,27H/t15-,18+/m0/s1. The van der Waals surface area contributed by atoms with Crippen molar-refractivity contribution in [1.29, 1.82) is 0 Å². The van der Waals surface area contributed by atoms with E-state index in [2.05, 4.69) is 4.74 Å². The Balaban J connectivity index is 2.11. The highest BCUT2D eigenvalue weighted by atomic mass is 16.6. The number of aliphatic hydroxyl groups excluding tert-OH is 3. The van der Waals surface area contributed by atoms with Crippen molar-refractivity contribution in [3.05, 3.63) is 83.3 Å². The Morgan fingerprint density at radius 3 is 1.68 bits per heavy atom. The topological polar surface area (TPSA) is 141 Å². The van der Waals surface area contributed by atoms with E-state index in [9.17, 15) is 34.8 Å². The van der Waals surface area contributed by atoms with Crippen LogP contribution in [0.1, 0.15) is 20.7 Å². The molecule has 0 radical (unpaired) electrons. The molecule has 1 aliphatic rings. The first-order valence-electron chi connectivity index (χ1n) is 8.21. The van der Waals surface area contributed by atoms with Gasteiger partial charge in [0.25, 0.3) is 0 Å². The number of hydrogen-bond donors (Lipinski definition) is 4. The minimum Gasteiger partial charge on any atom is -0.505 e. The Labute approximate surface area is 158 Å². The molecule has 0 saturated heterocycles. The van der Waals surface area contributed by atoms with Gasteiger partial charge in [0.2, 0.25) is 22.9 Å². The molecular formula is C20H16O8. The van der Waals surface area contributed by atoms with Gasteiger partial charge in [-0.1, -0.05) is 60.7 Å². The number of Topliss-reactive ketones (excluding diaryl/α,β-unsaturated/α-hetero) is 2. The number of carbonyl (C=O) groups is 3. The zero-order chi connectivity index (χ0) is 20.5. The van der Waals surface area contributed by atoms with Gasteiger partial charge < -0.3 is 25.2 Å². The van der Waals surface area contributed by atoms with Crippen LogP contribution >= 0.6 is 0 Å². The Hall–Kier alpha value is -3.49. The maximum absolute atomic E-state index is 13.0. The van der Waals surface area contributed by atoms with Crippen LogP contribution in [0.5, 0.6) is 0 Å². The number of rotatable bonds is 6. The third kappa shape index (κ3) is 3.04. The van der Waals surface area contributed by atoms with Crippen LogP contribution in [0.3, 0.4) is 0 Å². The van der Waals surface area contributed by atoms with Crippen molar-refractivity contribution in [2.75, 3.05) is 0 Å². The van der Waals surface area contributed by atoms with Crippen LogP contribution in [0.2, 0.25) is 0 Å². The molecule has 2 atom stereocenters. The second-order valence-corrected chi connectivity index (χ2v) is 6.16.